The SMILES string of the molecule is O=C(Nc1ccccc1Cl)c1cn(Cc2ccccn2)nn1. The second-order valence-electron chi connectivity index (χ2n) is 4.56. The van der Waals surface area contributed by atoms with E-state index in [9.17, 15) is 4.79 Å². The topological polar surface area (TPSA) is 72.7 Å². The number of aromatic nitrogens is 4. The van der Waals surface area contributed by atoms with Gasteiger partial charge in [0.1, 0.15) is 0 Å². The third-order valence-corrected chi connectivity index (χ3v) is 3.27. The van der Waals surface area contributed by atoms with Crippen molar-refractivity contribution in [3.05, 3.63) is 71.3 Å². The van der Waals surface area contributed by atoms with Crippen molar-refractivity contribution in [2.24, 2.45) is 0 Å². The highest BCUT2D eigenvalue weighted by Gasteiger charge is 2.12. The minimum Gasteiger partial charge on any atom is -0.319 e. The molecule has 6 nitrogen and oxygen atoms in total. The highest BCUT2D eigenvalue weighted by molar-refractivity contribution is 6.33. The molecule has 0 fully saturated rings. The molecule has 0 radical (unpaired) electrons. The summed E-state index contributed by atoms with van der Waals surface area (Å²) >= 11 is 6.00. The summed E-state index contributed by atoms with van der Waals surface area (Å²) in [5, 5.41) is 11.0. The highest BCUT2D eigenvalue weighted by atomic mass is 35.5. The number of carbonyl (C=O) groups excluding carboxylic acids is 1. The molecule has 0 aliphatic heterocycles. The monoisotopic (exact) mass is 313 g/mol. The van der Waals surface area contributed by atoms with E-state index in [1.807, 2.05) is 18.2 Å². The molecular formula is C15H12ClN5O. The summed E-state index contributed by atoms with van der Waals surface area (Å²) in [5.74, 6) is -0.361. The lowest BCUT2D eigenvalue weighted by atomic mass is 10.3. The van der Waals surface area contributed by atoms with E-state index in [-0.39, 0.29) is 11.6 Å². The van der Waals surface area contributed by atoms with E-state index in [0.717, 1.165) is 5.69 Å². The van der Waals surface area contributed by atoms with Gasteiger partial charge >= 0.3 is 0 Å². The first-order valence-corrected chi connectivity index (χ1v) is 6.96. The minimum absolute atomic E-state index is 0.218. The van der Waals surface area contributed by atoms with Crippen LogP contribution in [0.4, 0.5) is 5.69 Å². The van der Waals surface area contributed by atoms with Gasteiger partial charge in [0, 0.05) is 6.20 Å². The predicted octanol–water partition coefficient (Wildman–Crippen LogP) is 2.63. The quantitative estimate of drug-likeness (QED) is 0.803. The molecule has 110 valence electrons. The molecule has 1 N–H and O–H groups in total. The summed E-state index contributed by atoms with van der Waals surface area (Å²) in [4.78, 5) is 16.3. The molecule has 3 aromatic rings. The van der Waals surface area contributed by atoms with Gasteiger partial charge in [0.05, 0.1) is 29.1 Å². The van der Waals surface area contributed by atoms with E-state index in [4.69, 9.17) is 11.6 Å². The van der Waals surface area contributed by atoms with E-state index < -0.39 is 0 Å². The average molecular weight is 314 g/mol. The van der Waals surface area contributed by atoms with E-state index in [0.29, 0.717) is 17.3 Å². The van der Waals surface area contributed by atoms with Gasteiger partial charge in [-0.25, -0.2) is 4.68 Å². The van der Waals surface area contributed by atoms with Crippen LogP contribution >= 0.6 is 11.6 Å². The number of carbonyl (C=O) groups is 1. The number of hydrogen-bond acceptors (Lipinski definition) is 4. The Morgan fingerprint density at radius 1 is 1.18 bits per heavy atom. The Kier molecular flexibility index (Phi) is 4.11. The fourth-order valence-corrected chi connectivity index (χ4v) is 2.07. The van der Waals surface area contributed by atoms with Crippen LogP contribution in [0.15, 0.2) is 54.9 Å². The van der Waals surface area contributed by atoms with Crippen molar-refractivity contribution in [2.75, 3.05) is 5.32 Å². The molecule has 0 aliphatic rings. The van der Waals surface area contributed by atoms with Gasteiger partial charge in [0.15, 0.2) is 5.69 Å². The van der Waals surface area contributed by atoms with Crippen LogP contribution in [0.3, 0.4) is 0 Å². The smallest absolute Gasteiger partial charge is 0.277 e. The van der Waals surface area contributed by atoms with Gasteiger partial charge in [-0.15, -0.1) is 5.10 Å². The third kappa shape index (κ3) is 3.29. The normalized spacial score (nSPS) is 10.4. The first-order chi connectivity index (χ1) is 10.7. The summed E-state index contributed by atoms with van der Waals surface area (Å²) in [5.41, 5.74) is 1.59. The lowest BCUT2D eigenvalue weighted by Gasteiger charge is -2.04. The van der Waals surface area contributed by atoms with Gasteiger partial charge in [0.25, 0.3) is 5.91 Å². The van der Waals surface area contributed by atoms with Crippen LogP contribution in [0.25, 0.3) is 0 Å². The Labute approximate surface area is 131 Å². The maximum atomic E-state index is 12.1. The molecule has 0 aliphatic carbocycles. The van der Waals surface area contributed by atoms with Crippen molar-refractivity contribution in [1.29, 1.82) is 0 Å². The maximum absolute atomic E-state index is 12.1. The molecule has 22 heavy (non-hydrogen) atoms. The average Bonchev–Trinajstić information content (AvgIpc) is 2.99. The van der Waals surface area contributed by atoms with Crippen LogP contribution in [-0.2, 0) is 6.54 Å². The van der Waals surface area contributed by atoms with Crippen molar-refractivity contribution in [3.8, 4) is 0 Å². The standard InChI is InChI=1S/C15H12ClN5O/c16-12-6-1-2-7-13(12)18-15(22)14-10-21(20-19-14)9-11-5-3-4-8-17-11/h1-8,10H,9H2,(H,18,22). The van der Waals surface area contributed by atoms with Crippen LogP contribution in [0.5, 0.6) is 0 Å². The molecule has 1 amide bonds. The second-order valence-corrected chi connectivity index (χ2v) is 4.96. The zero-order valence-corrected chi connectivity index (χ0v) is 12.2. The summed E-state index contributed by atoms with van der Waals surface area (Å²) in [6.45, 7) is 0.452. The molecule has 2 heterocycles. The zero-order chi connectivity index (χ0) is 15.4. The molecule has 0 bridgehead atoms. The van der Waals surface area contributed by atoms with Crippen LogP contribution in [0, 0.1) is 0 Å². The van der Waals surface area contributed by atoms with Crippen LogP contribution in [-0.4, -0.2) is 25.9 Å². The molecule has 0 saturated carbocycles. The Morgan fingerprint density at radius 3 is 2.77 bits per heavy atom. The molecule has 7 heteroatoms. The van der Waals surface area contributed by atoms with Gasteiger partial charge in [-0.1, -0.05) is 35.0 Å². The molecular weight excluding hydrogens is 302 g/mol. The number of nitrogens with one attached hydrogen (secondary N) is 1. The number of pyridine rings is 1. The number of benzene rings is 1. The lowest BCUT2D eigenvalue weighted by Crippen LogP contribution is -2.12. The first-order valence-electron chi connectivity index (χ1n) is 6.58. The molecule has 0 unspecified atom stereocenters. The van der Waals surface area contributed by atoms with Crippen LogP contribution in [0.2, 0.25) is 5.02 Å². The number of amides is 1. The van der Waals surface area contributed by atoms with Gasteiger partial charge in [0.2, 0.25) is 0 Å². The Hall–Kier alpha value is -2.73. The van der Waals surface area contributed by atoms with Gasteiger partial charge in [-0.05, 0) is 24.3 Å². The highest BCUT2D eigenvalue weighted by Crippen LogP contribution is 2.20. The fourth-order valence-electron chi connectivity index (χ4n) is 1.89. The van der Waals surface area contributed by atoms with Gasteiger partial charge in [-0.3, -0.25) is 9.78 Å². The third-order valence-electron chi connectivity index (χ3n) is 2.94. The van der Waals surface area contributed by atoms with E-state index in [1.165, 1.54) is 0 Å². The number of nitrogens with zero attached hydrogens (tertiary/aromatic N) is 4. The predicted molar refractivity (Wildman–Crippen MR) is 82.8 cm³/mol. The number of para-hydroxylation sites is 1. The number of anilines is 1. The van der Waals surface area contributed by atoms with Crippen LogP contribution in [0.1, 0.15) is 16.2 Å². The van der Waals surface area contributed by atoms with Crippen LogP contribution < -0.4 is 5.32 Å². The van der Waals surface area contributed by atoms with Crippen molar-refractivity contribution < 1.29 is 4.79 Å². The van der Waals surface area contributed by atoms with E-state index in [2.05, 4.69) is 20.6 Å². The molecule has 1 aromatic carbocycles. The van der Waals surface area contributed by atoms with Gasteiger partial charge < -0.3 is 5.32 Å². The summed E-state index contributed by atoms with van der Waals surface area (Å²) in [6, 6.07) is 12.6. The lowest BCUT2D eigenvalue weighted by molar-refractivity contribution is 0.102. The van der Waals surface area contributed by atoms with Crippen molar-refractivity contribution >= 4 is 23.2 Å². The van der Waals surface area contributed by atoms with Gasteiger partial charge in [-0.2, -0.15) is 0 Å². The zero-order valence-electron chi connectivity index (χ0n) is 11.5. The largest absolute Gasteiger partial charge is 0.319 e. The second kappa shape index (κ2) is 6.36. The van der Waals surface area contributed by atoms with Crippen molar-refractivity contribution in [1.82, 2.24) is 20.0 Å². The minimum atomic E-state index is -0.361. The Morgan fingerprint density at radius 2 is 2.00 bits per heavy atom. The Balaban J connectivity index is 1.71. The maximum Gasteiger partial charge on any atom is 0.277 e. The molecule has 0 spiro atoms. The van der Waals surface area contributed by atoms with E-state index in [1.54, 1.807) is 41.3 Å². The summed E-state index contributed by atoms with van der Waals surface area (Å²) in [6.07, 6.45) is 3.28. The number of rotatable bonds is 4. The summed E-state index contributed by atoms with van der Waals surface area (Å²) < 4.78 is 1.56. The molecule has 0 saturated heterocycles. The number of hydrogen-bond donors (Lipinski definition) is 1. The fraction of sp³-hybridized carbons (Fsp3) is 0.0667. The van der Waals surface area contributed by atoms with Crippen molar-refractivity contribution in [3.63, 3.8) is 0 Å². The first kappa shape index (κ1) is 14.2. The molecule has 3 rings (SSSR count). The molecule has 0 atom stereocenters. The molecule has 2 aromatic heterocycles. The Bertz CT molecular complexity index is 787. The van der Waals surface area contributed by atoms with Crippen molar-refractivity contribution in [2.45, 2.75) is 6.54 Å². The summed E-state index contributed by atoms with van der Waals surface area (Å²) in [7, 11) is 0. The number of halogens is 1. The van der Waals surface area contributed by atoms with E-state index >= 15 is 0 Å².